The first-order chi connectivity index (χ1) is 7.97. The normalized spacial score (nSPS) is 12.5. The molecule has 0 aliphatic heterocycles. The third-order valence-electron chi connectivity index (χ3n) is 2.33. The summed E-state index contributed by atoms with van der Waals surface area (Å²) in [5.41, 5.74) is 0. The maximum absolute atomic E-state index is 11.7. The predicted octanol–water partition coefficient (Wildman–Crippen LogP) is 0.103. The Bertz CT molecular complexity index is 390. The van der Waals surface area contributed by atoms with E-state index in [2.05, 4.69) is 15.5 Å². The second-order valence-electron chi connectivity index (χ2n) is 3.98. The van der Waals surface area contributed by atoms with Gasteiger partial charge in [-0.05, 0) is 14.0 Å². The van der Waals surface area contributed by atoms with Gasteiger partial charge in [0.2, 0.25) is 5.91 Å². The van der Waals surface area contributed by atoms with Crippen molar-refractivity contribution in [2.75, 3.05) is 21.1 Å². The van der Waals surface area contributed by atoms with Crippen LogP contribution in [0.2, 0.25) is 0 Å². The molecular weight excluding hydrogens is 238 g/mol. The van der Waals surface area contributed by atoms with Gasteiger partial charge in [-0.2, -0.15) is 0 Å². The molecule has 0 saturated heterocycles. The Hall–Kier alpha value is -1.08. The molecule has 1 heterocycles. The Kier molecular flexibility index (Phi) is 4.95. The van der Waals surface area contributed by atoms with Crippen LogP contribution in [0.5, 0.6) is 0 Å². The number of amides is 1. The smallest absolute Gasteiger partial charge is 0.235 e. The SMILES string of the molecule is CNCc1nnc(S[C@H](C)C(=O)N(C)C)n1C. The number of hydrogen-bond acceptors (Lipinski definition) is 5. The maximum Gasteiger partial charge on any atom is 0.235 e. The number of nitrogens with zero attached hydrogens (tertiary/aromatic N) is 4. The van der Waals surface area contributed by atoms with Crippen molar-refractivity contribution < 1.29 is 4.79 Å². The van der Waals surface area contributed by atoms with Crippen LogP contribution in [0.15, 0.2) is 5.16 Å². The average molecular weight is 257 g/mol. The summed E-state index contributed by atoms with van der Waals surface area (Å²) in [4.78, 5) is 13.3. The Balaban J connectivity index is 2.72. The highest BCUT2D eigenvalue weighted by Gasteiger charge is 2.19. The van der Waals surface area contributed by atoms with Crippen LogP contribution in [-0.2, 0) is 18.4 Å². The van der Waals surface area contributed by atoms with Gasteiger partial charge in [-0.25, -0.2) is 0 Å². The third kappa shape index (κ3) is 3.44. The molecule has 0 fully saturated rings. The van der Waals surface area contributed by atoms with Gasteiger partial charge in [0.05, 0.1) is 11.8 Å². The Morgan fingerprint density at radius 3 is 2.71 bits per heavy atom. The second kappa shape index (κ2) is 6.02. The molecule has 1 N–H and O–H groups in total. The van der Waals surface area contributed by atoms with E-state index in [1.54, 1.807) is 19.0 Å². The molecule has 0 radical (unpaired) electrons. The zero-order valence-corrected chi connectivity index (χ0v) is 11.7. The standard InChI is InChI=1S/C10H19N5OS/c1-7(9(16)14(3)4)17-10-13-12-8(6-11-2)15(10)5/h7,11H,6H2,1-5H3/t7-/m1/s1. The van der Waals surface area contributed by atoms with Gasteiger partial charge in [0.25, 0.3) is 0 Å². The maximum atomic E-state index is 11.7. The van der Waals surface area contributed by atoms with Crippen molar-refractivity contribution in [2.45, 2.75) is 23.9 Å². The number of thioether (sulfide) groups is 1. The fourth-order valence-corrected chi connectivity index (χ4v) is 2.31. The molecule has 0 aromatic carbocycles. The third-order valence-corrected chi connectivity index (χ3v) is 3.45. The van der Waals surface area contributed by atoms with Crippen LogP contribution in [0.25, 0.3) is 0 Å². The van der Waals surface area contributed by atoms with Gasteiger partial charge in [0.15, 0.2) is 5.16 Å². The van der Waals surface area contributed by atoms with Crippen molar-refractivity contribution in [3.8, 4) is 0 Å². The van der Waals surface area contributed by atoms with Crippen molar-refractivity contribution in [3.63, 3.8) is 0 Å². The number of nitrogens with one attached hydrogen (secondary N) is 1. The van der Waals surface area contributed by atoms with E-state index < -0.39 is 0 Å². The summed E-state index contributed by atoms with van der Waals surface area (Å²) in [5, 5.41) is 11.8. The minimum Gasteiger partial charge on any atom is -0.348 e. The van der Waals surface area contributed by atoms with Crippen LogP contribution in [0.3, 0.4) is 0 Å². The molecule has 17 heavy (non-hydrogen) atoms. The molecule has 0 saturated carbocycles. The van der Waals surface area contributed by atoms with Crippen LogP contribution < -0.4 is 5.32 Å². The van der Waals surface area contributed by atoms with E-state index in [4.69, 9.17) is 0 Å². The highest BCUT2D eigenvalue weighted by atomic mass is 32.2. The van der Waals surface area contributed by atoms with Crippen molar-refractivity contribution in [2.24, 2.45) is 7.05 Å². The summed E-state index contributed by atoms with van der Waals surface area (Å²) < 4.78 is 1.90. The summed E-state index contributed by atoms with van der Waals surface area (Å²) in [7, 11) is 7.27. The fraction of sp³-hybridized carbons (Fsp3) is 0.700. The van der Waals surface area contributed by atoms with Gasteiger partial charge >= 0.3 is 0 Å². The Labute approximate surface area is 106 Å². The number of carbonyl (C=O) groups excluding carboxylic acids is 1. The van der Waals surface area contributed by atoms with E-state index in [1.807, 2.05) is 25.6 Å². The van der Waals surface area contributed by atoms with E-state index in [0.717, 1.165) is 11.0 Å². The van der Waals surface area contributed by atoms with Crippen molar-refractivity contribution in [1.82, 2.24) is 25.0 Å². The lowest BCUT2D eigenvalue weighted by Crippen LogP contribution is -2.29. The van der Waals surface area contributed by atoms with E-state index in [9.17, 15) is 4.79 Å². The molecule has 0 spiro atoms. The molecule has 96 valence electrons. The second-order valence-corrected chi connectivity index (χ2v) is 5.29. The molecule has 0 unspecified atom stereocenters. The van der Waals surface area contributed by atoms with Crippen molar-refractivity contribution in [1.29, 1.82) is 0 Å². The largest absolute Gasteiger partial charge is 0.348 e. The molecular formula is C10H19N5OS. The summed E-state index contributed by atoms with van der Waals surface area (Å²) in [6.07, 6.45) is 0. The van der Waals surface area contributed by atoms with Crippen LogP contribution in [0.4, 0.5) is 0 Å². The summed E-state index contributed by atoms with van der Waals surface area (Å²) in [6.45, 7) is 2.54. The minimum atomic E-state index is -0.157. The zero-order chi connectivity index (χ0) is 13.0. The molecule has 6 nitrogen and oxygen atoms in total. The lowest BCUT2D eigenvalue weighted by Gasteiger charge is -2.15. The summed E-state index contributed by atoms with van der Waals surface area (Å²) in [6, 6.07) is 0. The van der Waals surface area contributed by atoms with Gasteiger partial charge in [-0.15, -0.1) is 10.2 Å². The first-order valence-electron chi connectivity index (χ1n) is 5.38. The van der Waals surface area contributed by atoms with Crippen LogP contribution in [-0.4, -0.2) is 52.0 Å². The zero-order valence-electron chi connectivity index (χ0n) is 10.9. The topological polar surface area (TPSA) is 63.1 Å². The predicted molar refractivity (Wildman–Crippen MR) is 67.8 cm³/mol. The fourth-order valence-electron chi connectivity index (χ4n) is 1.33. The molecule has 7 heteroatoms. The first-order valence-corrected chi connectivity index (χ1v) is 6.26. The molecule has 1 rings (SSSR count). The summed E-state index contributed by atoms with van der Waals surface area (Å²) >= 11 is 1.42. The van der Waals surface area contributed by atoms with Crippen LogP contribution in [0.1, 0.15) is 12.7 Å². The molecule has 0 bridgehead atoms. The number of carbonyl (C=O) groups is 1. The Morgan fingerprint density at radius 1 is 1.53 bits per heavy atom. The average Bonchev–Trinajstić information content (AvgIpc) is 2.61. The van der Waals surface area contributed by atoms with Gasteiger partial charge in [0, 0.05) is 21.1 Å². The van der Waals surface area contributed by atoms with E-state index in [1.165, 1.54) is 11.8 Å². The van der Waals surface area contributed by atoms with Gasteiger partial charge in [-0.1, -0.05) is 11.8 Å². The monoisotopic (exact) mass is 257 g/mol. The van der Waals surface area contributed by atoms with Crippen molar-refractivity contribution in [3.05, 3.63) is 5.82 Å². The lowest BCUT2D eigenvalue weighted by atomic mass is 10.4. The van der Waals surface area contributed by atoms with E-state index in [-0.39, 0.29) is 11.2 Å². The van der Waals surface area contributed by atoms with Crippen molar-refractivity contribution >= 4 is 17.7 Å². The van der Waals surface area contributed by atoms with E-state index >= 15 is 0 Å². The molecule has 1 aromatic heterocycles. The van der Waals surface area contributed by atoms with Crippen LogP contribution in [0, 0.1) is 0 Å². The quantitative estimate of drug-likeness (QED) is 0.758. The van der Waals surface area contributed by atoms with E-state index in [0.29, 0.717) is 6.54 Å². The number of rotatable bonds is 5. The highest BCUT2D eigenvalue weighted by molar-refractivity contribution is 8.00. The first kappa shape index (κ1) is 14.0. The van der Waals surface area contributed by atoms with Gasteiger partial charge < -0.3 is 14.8 Å². The van der Waals surface area contributed by atoms with Gasteiger partial charge in [-0.3, -0.25) is 4.79 Å². The minimum absolute atomic E-state index is 0.0770. The lowest BCUT2D eigenvalue weighted by molar-refractivity contribution is -0.127. The Morgan fingerprint density at radius 2 is 2.18 bits per heavy atom. The number of hydrogen-bond donors (Lipinski definition) is 1. The van der Waals surface area contributed by atoms with Gasteiger partial charge in [0.1, 0.15) is 5.82 Å². The molecule has 0 aliphatic rings. The molecule has 1 aromatic rings. The molecule has 1 amide bonds. The number of aromatic nitrogens is 3. The summed E-state index contributed by atoms with van der Waals surface area (Å²) in [5.74, 6) is 0.938. The molecule has 1 atom stereocenters. The highest BCUT2D eigenvalue weighted by Crippen LogP contribution is 2.22. The van der Waals surface area contributed by atoms with Crippen LogP contribution >= 0.6 is 11.8 Å². The molecule has 0 aliphatic carbocycles.